The second kappa shape index (κ2) is 8.86. The highest BCUT2D eigenvalue weighted by Crippen LogP contribution is 2.27. The number of amides is 2. The zero-order valence-corrected chi connectivity index (χ0v) is 15.2. The molecule has 0 atom stereocenters. The molecule has 1 aromatic carbocycles. The largest absolute Gasteiger partial charge is 0.495 e. The molecule has 3 rings (SSSR count). The summed E-state index contributed by atoms with van der Waals surface area (Å²) in [7, 11) is 1.52. The van der Waals surface area contributed by atoms with E-state index in [2.05, 4.69) is 20.6 Å². The fraction of sp³-hybridized carbons (Fsp3) is 0.105. The number of halogens is 1. The van der Waals surface area contributed by atoms with Crippen molar-refractivity contribution in [2.75, 3.05) is 12.4 Å². The summed E-state index contributed by atoms with van der Waals surface area (Å²) in [5.41, 5.74) is 1.31. The van der Waals surface area contributed by atoms with Gasteiger partial charge in [0.1, 0.15) is 11.5 Å². The van der Waals surface area contributed by atoms with Crippen molar-refractivity contribution in [1.29, 1.82) is 0 Å². The van der Waals surface area contributed by atoms with E-state index in [1.165, 1.54) is 7.11 Å². The number of anilines is 1. The van der Waals surface area contributed by atoms with Crippen molar-refractivity contribution in [3.63, 3.8) is 0 Å². The lowest BCUT2D eigenvalue weighted by molar-refractivity contribution is 0.251. The molecule has 2 aromatic heterocycles. The van der Waals surface area contributed by atoms with Crippen LogP contribution in [0.3, 0.4) is 0 Å². The van der Waals surface area contributed by atoms with Crippen LogP contribution in [0.4, 0.5) is 10.5 Å². The number of ether oxygens (including phenoxy) is 2. The molecule has 0 bridgehead atoms. The zero-order valence-electron chi connectivity index (χ0n) is 14.5. The molecule has 27 heavy (non-hydrogen) atoms. The first-order valence-corrected chi connectivity index (χ1v) is 8.43. The van der Waals surface area contributed by atoms with Gasteiger partial charge in [0.05, 0.1) is 19.0 Å². The average Bonchev–Trinajstić information content (AvgIpc) is 2.68. The van der Waals surface area contributed by atoms with Crippen LogP contribution >= 0.6 is 11.6 Å². The van der Waals surface area contributed by atoms with Crippen molar-refractivity contribution in [1.82, 2.24) is 15.3 Å². The second-order valence-electron chi connectivity index (χ2n) is 5.45. The Bertz CT molecular complexity index is 905. The Hall–Kier alpha value is -3.32. The van der Waals surface area contributed by atoms with Crippen molar-refractivity contribution in [2.24, 2.45) is 0 Å². The van der Waals surface area contributed by atoms with E-state index in [1.54, 1.807) is 55.0 Å². The number of urea groups is 1. The standard InChI is InChI=1S/C19H17ClN4O3/c1-26-17-6-5-14(20)9-16(17)24-19(25)23-11-13-4-7-18(22-10-13)27-15-3-2-8-21-12-15/h2-10,12H,11H2,1H3,(H2,23,24,25). The molecule has 7 nitrogen and oxygen atoms in total. The van der Waals surface area contributed by atoms with E-state index < -0.39 is 0 Å². The fourth-order valence-corrected chi connectivity index (χ4v) is 2.40. The highest BCUT2D eigenvalue weighted by Gasteiger charge is 2.08. The number of nitrogens with zero attached hydrogens (tertiary/aromatic N) is 2. The van der Waals surface area contributed by atoms with E-state index in [1.807, 2.05) is 6.07 Å². The molecular formula is C19H17ClN4O3. The molecule has 3 aromatic rings. The summed E-state index contributed by atoms with van der Waals surface area (Å²) in [5, 5.41) is 5.95. The van der Waals surface area contributed by atoms with Gasteiger partial charge in [-0.3, -0.25) is 4.98 Å². The number of rotatable bonds is 6. The smallest absolute Gasteiger partial charge is 0.319 e. The van der Waals surface area contributed by atoms with E-state index in [0.717, 1.165) is 5.56 Å². The van der Waals surface area contributed by atoms with Crippen LogP contribution in [0.5, 0.6) is 17.4 Å². The number of nitrogens with one attached hydrogen (secondary N) is 2. The first-order valence-electron chi connectivity index (χ1n) is 8.05. The molecule has 138 valence electrons. The highest BCUT2D eigenvalue weighted by molar-refractivity contribution is 6.31. The van der Waals surface area contributed by atoms with Gasteiger partial charge in [0.25, 0.3) is 0 Å². The molecule has 2 heterocycles. The lowest BCUT2D eigenvalue weighted by Gasteiger charge is -2.11. The van der Waals surface area contributed by atoms with Gasteiger partial charge in [0, 0.05) is 30.0 Å². The SMILES string of the molecule is COc1ccc(Cl)cc1NC(=O)NCc1ccc(Oc2cccnc2)nc1. The first-order chi connectivity index (χ1) is 13.1. The Balaban J connectivity index is 1.54. The summed E-state index contributed by atoms with van der Waals surface area (Å²) in [5.74, 6) is 1.57. The van der Waals surface area contributed by atoms with Gasteiger partial charge in [0.2, 0.25) is 5.88 Å². The quantitative estimate of drug-likeness (QED) is 0.663. The second-order valence-corrected chi connectivity index (χ2v) is 5.88. The van der Waals surface area contributed by atoms with E-state index in [9.17, 15) is 4.79 Å². The van der Waals surface area contributed by atoms with E-state index in [-0.39, 0.29) is 6.03 Å². The molecule has 0 aliphatic rings. The van der Waals surface area contributed by atoms with E-state index in [0.29, 0.717) is 34.6 Å². The summed E-state index contributed by atoms with van der Waals surface area (Å²) in [6.45, 7) is 0.300. The molecule has 2 N–H and O–H groups in total. The van der Waals surface area contributed by atoms with Crippen molar-refractivity contribution in [3.05, 3.63) is 71.6 Å². The third-order valence-electron chi connectivity index (χ3n) is 3.52. The third kappa shape index (κ3) is 5.32. The molecule has 0 fully saturated rings. The number of carbonyl (C=O) groups is 1. The van der Waals surface area contributed by atoms with Gasteiger partial charge in [-0.05, 0) is 35.9 Å². The Morgan fingerprint density at radius 1 is 1.19 bits per heavy atom. The Labute approximate surface area is 161 Å². The Morgan fingerprint density at radius 2 is 2.07 bits per heavy atom. The van der Waals surface area contributed by atoms with Gasteiger partial charge in [-0.1, -0.05) is 17.7 Å². The van der Waals surface area contributed by atoms with Crippen LogP contribution in [0.15, 0.2) is 61.1 Å². The van der Waals surface area contributed by atoms with Crippen LogP contribution in [0, 0.1) is 0 Å². The molecule has 2 amide bonds. The van der Waals surface area contributed by atoms with Crippen molar-refractivity contribution in [2.45, 2.75) is 6.54 Å². The lowest BCUT2D eigenvalue weighted by Crippen LogP contribution is -2.28. The van der Waals surface area contributed by atoms with Crippen molar-refractivity contribution >= 4 is 23.3 Å². The molecule has 0 saturated carbocycles. The monoisotopic (exact) mass is 384 g/mol. The lowest BCUT2D eigenvalue weighted by atomic mass is 10.3. The summed E-state index contributed by atoms with van der Waals surface area (Å²) >= 11 is 5.95. The maximum absolute atomic E-state index is 12.1. The van der Waals surface area contributed by atoms with Crippen LogP contribution in [-0.2, 0) is 6.54 Å². The average molecular weight is 385 g/mol. The van der Waals surface area contributed by atoms with Gasteiger partial charge in [0.15, 0.2) is 0 Å². The number of hydrogen-bond donors (Lipinski definition) is 2. The van der Waals surface area contributed by atoms with Crippen LogP contribution in [0.2, 0.25) is 5.02 Å². The third-order valence-corrected chi connectivity index (χ3v) is 3.75. The van der Waals surface area contributed by atoms with Crippen molar-refractivity contribution in [3.8, 4) is 17.4 Å². The maximum atomic E-state index is 12.1. The maximum Gasteiger partial charge on any atom is 0.319 e. The molecule has 0 aliphatic carbocycles. The summed E-state index contributed by atoms with van der Waals surface area (Å²) in [6, 6.07) is 11.7. The van der Waals surface area contributed by atoms with E-state index >= 15 is 0 Å². The molecule has 0 spiro atoms. The van der Waals surface area contributed by atoms with Crippen LogP contribution in [-0.4, -0.2) is 23.1 Å². The van der Waals surface area contributed by atoms with Gasteiger partial charge in [-0.2, -0.15) is 0 Å². The Morgan fingerprint density at radius 3 is 2.78 bits per heavy atom. The molecule has 0 unspecified atom stereocenters. The van der Waals surface area contributed by atoms with E-state index in [4.69, 9.17) is 21.1 Å². The first kappa shape index (κ1) is 18.5. The molecule has 0 aliphatic heterocycles. The number of methoxy groups -OCH3 is 1. The summed E-state index contributed by atoms with van der Waals surface area (Å²) in [4.78, 5) is 20.3. The molecule has 0 saturated heterocycles. The molecular weight excluding hydrogens is 368 g/mol. The Kier molecular flexibility index (Phi) is 6.06. The highest BCUT2D eigenvalue weighted by atomic mass is 35.5. The van der Waals surface area contributed by atoms with Gasteiger partial charge < -0.3 is 20.1 Å². The molecule has 8 heteroatoms. The van der Waals surface area contributed by atoms with Crippen molar-refractivity contribution < 1.29 is 14.3 Å². The predicted molar refractivity (Wildman–Crippen MR) is 102 cm³/mol. The number of carbonyl (C=O) groups excluding carboxylic acids is 1. The van der Waals surface area contributed by atoms with Crippen LogP contribution in [0.25, 0.3) is 0 Å². The number of benzene rings is 1. The molecule has 0 radical (unpaired) electrons. The van der Waals surface area contributed by atoms with Gasteiger partial charge >= 0.3 is 6.03 Å². The summed E-state index contributed by atoms with van der Waals surface area (Å²) < 4.78 is 10.8. The van der Waals surface area contributed by atoms with Crippen LogP contribution < -0.4 is 20.1 Å². The summed E-state index contributed by atoms with van der Waals surface area (Å²) in [6.07, 6.45) is 4.90. The number of pyridine rings is 2. The minimum Gasteiger partial charge on any atom is -0.495 e. The minimum atomic E-state index is -0.383. The number of hydrogen-bond acceptors (Lipinski definition) is 5. The van der Waals surface area contributed by atoms with Gasteiger partial charge in [-0.15, -0.1) is 0 Å². The van der Waals surface area contributed by atoms with Crippen LogP contribution in [0.1, 0.15) is 5.56 Å². The minimum absolute atomic E-state index is 0.300. The predicted octanol–water partition coefficient (Wildman–Crippen LogP) is 4.25. The topological polar surface area (TPSA) is 85.4 Å². The normalized spacial score (nSPS) is 10.1. The number of aromatic nitrogens is 2. The fourth-order valence-electron chi connectivity index (χ4n) is 2.23. The zero-order chi connectivity index (χ0) is 19.1. The van der Waals surface area contributed by atoms with Gasteiger partial charge in [-0.25, -0.2) is 9.78 Å².